The summed E-state index contributed by atoms with van der Waals surface area (Å²) in [6, 6.07) is 16.3. The number of anilines is 2. The molecule has 0 radical (unpaired) electrons. The number of benzene rings is 2. The standard InChI is InChI=1S/C24H27N7OS2/c1-17-6-5-8-19(14-17)25-23-27-31(24(33)34-23)16-30-12-10-29(11-13-30)15-21-26-22(28-32-21)20-9-4-3-7-18(20)2/h3-9,14H,10-13,15-16H2,1-2H3,(H,25,27). The molecule has 0 saturated carbocycles. The molecule has 1 aliphatic heterocycles. The minimum atomic E-state index is 0.653. The Morgan fingerprint density at radius 3 is 2.62 bits per heavy atom. The Labute approximate surface area is 207 Å². The summed E-state index contributed by atoms with van der Waals surface area (Å²) < 4.78 is 8.20. The van der Waals surface area contributed by atoms with Crippen molar-refractivity contribution in [1.29, 1.82) is 0 Å². The van der Waals surface area contributed by atoms with Crippen LogP contribution in [0.5, 0.6) is 0 Å². The van der Waals surface area contributed by atoms with Gasteiger partial charge in [0.25, 0.3) is 0 Å². The van der Waals surface area contributed by atoms with Crippen molar-refractivity contribution in [2.75, 3.05) is 31.5 Å². The first-order valence-corrected chi connectivity index (χ1v) is 12.5. The van der Waals surface area contributed by atoms with Crippen molar-refractivity contribution in [3.05, 3.63) is 69.5 Å². The molecule has 0 spiro atoms. The molecule has 1 saturated heterocycles. The summed E-state index contributed by atoms with van der Waals surface area (Å²) in [7, 11) is 0. The lowest BCUT2D eigenvalue weighted by Crippen LogP contribution is -2.46. The summed E-state index contributed by atoms with van der Waals surface area (Å²) in [4.78, 5) is 9.32. The Bertz CT molecular complexity index is 1320. The zero-order valence-electron chi connectivity index (χ0n) is 19.3. The molecule has 1 fully saturated rings. The second-order valence-corrected chi connectivity index (χ2v) is 10.2. The number of aryl methyl sites for hydroxylation is 2. The fourth-order valence-electron chi connectivity index (χ4n) is 4.01. The van der Waals surface area contributed by atoms with Crippen molar-refractivity contribution >= 4 is 34.4 Å². The van der Waals surface area contributed by atoms with Crippen LogP contribution in [0.1, 0.15) is 17.0 Å². The van der Waals surface area contributed by atoms with Crippen LogP contribution in [0.3, 0.4) is 0 Å². The quantitative estimate of drug-likeness (QED) is 0.366. The van der Waals surface area contributed by atoms with E-state index in [1.807, 2.05) is 35.0 Å². The molecule has 176 valence electrons. The van der Waals surface area contributed by atoms with E-state index in [0.717, 1.165) is 52.1 Å². The molecule has 0 aliphatic carbocycles. The molecule has 2 aromatic carbocycles. The van der Waals surface area contributed by atoms with Crippen molar-refractivity contribution in [3.63, 3.8) is 0 Å². The molecule has 0 amide bonds. The smallest absolute Gasteiger partial charge is 0.241 e. The van der Waals surface area contributed by atoms with Crippen molar-refractivity contribution in [1.82, 2.24) is 29.7 Å². The van der Waals surface area contributed by atoms with E-state index in [9.17, 15) is 0 Å². The Morgan fingerprint density at radius 1 is 1.03 bits per heavy atom. The number of aromatic nitrogens is 4. The number of hydrogen-bond donors (Lipinski definition) is 1. The summed E-state index contributed by atoms with van der Waals surface area (Å²) in [5.74, 6) is 1.31. The van der Waals surface area contributed by atoms with Gasteiger partial charge < -0.3 is 9.84 Å². The minimum absolute atomic E-state index is 0.653. The molecule has 2 aromatic heterocycles. The molecule has 0 unspecified atom stereocenters. The normalized spacial score (nSPS) is 15.0. The minimum Gasteiger partial charge on any atom is -0.338 e. The molecular weight excluding hydrogens is 466 g/mol. The van der Waals surface area contributed by atoms with Crippen LogP contribution >= 0.6 is 23.6 Å². The number of hydrogen-bond acceptors (Lipinski definition) is 9. The van der Waals surface area contributed by atoms with Gasteiger partial charge >= 0.3 is 0 Å². The van der Waals surface area contributed by atoms with Gasteiger partial charge in [-0.05, 0) is 49.3 Å². The Morgan fingerprint density at radius 2 is 1.82 bits per heavy atom. The monoisotopic (exact) mass is 493 g/mol. The summed E-state index contributed by atoms with van der Waals surface area (Å²) in [6.07, 6.45) is 0. The van der Waals surface area contributed by atoms with Crippen molar-refractivity contribution < 1.29 is 4.52 Å². The molecule has 0 atom stereocenters. The molecule has 1 aliphatic rings. The average Bonchev–Trinajstić information content (AvgIpc) is 3.41. The third-order valence-corrected chi connectivity index (χ3v) is 7.11. The maximum atomic E-state index is 5.56. The highest BCUT2D eigenvalue weighted by Gasteiger charge is 2.20. The van der Waals surface area contributed by atoms with E-state index in [0.29, 0.717) is 24.9 Å². The van der Waals surface area contributed by atoms with Crippen LogP contribution in [0.25, 0.3) is 11.4 Å². The lowest BCUT2D eigenvalue weighted by atomic mass is 10.1. The lowest BCUT2D eigenvalue weighted by molar-refractivity contribution is 0.0912. The SMILES string of the molecule is Cc1cccc(Nc2nn(CN3CCN(Cc4nc(-c5ccccc5C)no4)CC3)c(=S)s2)c1. The van der Waals surface area contributed by atoms with Crippen molar-refractivity contribution in [3.8, 4) is 11.4 Å². The lowest BCUT2D eigenvalue weighted by Gasteiger charge is -2.33. The Balaban J connectivity index is 1.14. The molecule has 5 rings (SSSR count). The first kappa shape index (κ1) is 22.9. The Kier molecular flexibility index (Phi) is 6.82. The van der Waals surface area contributed by atoms with E-state index in [1.54, 1.807) is 0 Å². The van der Waals surface area contributed by atoms with Gasteiger partial charge in [-0.1, -0.05) is 52.9 Å². The van der Waals surface area contributed by atoms with E-state index < -0.39 is 0 Å². The van der Waals surface area contributed by atoms with E-state index in [1.165, 1.54) is 16.9 Å². The first-order valence-electron chi connectivity index (χ1n) is 11.3. The maximum Gasteiger partial charge on any atom is 0.241 e. The van der Waals surface area contributed by atoms with Crippen LogP contribution in [0.15, 0.2) is 53.1 Å². The molecule has 4 aromatic rings. The van der Waals surface area contributed by atoms with Gasteiger partial charge in [0, 0.05) is 37.4 Å². The second kappa shape index (κ2) is 10.1. The van der Waals surface area contributed by atoms with Crippen LogP contribution < -0.4 is 5.32 Å². The highest BCUT2D eigenvalue weighted by atomic mass is 32.1. The topological polar surface area (TPSA) is 75.2 Å². The summed E-state index contributed by atoms with van der Waals surface area (Å²) in [5.41, 5.74) is 4.38. The number of piperazine rings is 1. The molecule has 34 heavy (non-hydrogen) atoms. The molecule has 3 heterocycles. The molecular formula is C24H27N7OS2. The van der Waals surface area contributed by atoms with E-state index in [-0.39, 0.29) is 0 Å². The van der Waals surface area contributed by atoms with Crippen LogP contribution in [-0.4, -0.2) is 55.9 Å². The third kappa shape index (κ3) is 5.41. The molecule has 1 N–H and O–H groups in total. The molecule has 0 bridgehead atoms. The third-order valence-electron chi connectivity index (χ3n) is 5.89. The van der Waals surface area contributed by atoms with Gasteiger partial charge in [0.05, 0.1) is 13.2 Å². The highest BCUT2D eigenvalue weighted by molar-refractivity contribution is 7.73. The van der Waals surface area contributed by atoms with E-state index in [4.69, 9.17) is 16.7 Å². The Hall–Kier alpha value is -2.92. The fourth-order valence-corrected chi connectivity index (χ4v) is 5.03. The number of rotatable bonds is 7. The predicted molar refractivity (Wildman–Crippen MR) is 137 cm³/mol. The summed E-state index contributed by atoms with van der Waals surface area (Å²) >= 11 is 7.06. The summed E-state index contributed by atoms with van der Waals surface area (Å²) in [6.45, 7) is 9.19. The zero-order chi connectivity index (χ0) is 23.5. The molecule has 8 nitrogen and oxygen atoms in total. The van der Waals surface area contributed by atoms with E-state index >= 15 is 0 Å². The van der Waals surface area contributed by atoms with Crippen molar-refractivity contribution in [2.24, 2.45) is 0 Å². The van der Waals surface area contributed by atoms with E-state index in [2.05, 4.69) is 62.4 Å². The second-order valence-electron chi connectivity index (χ2n) is 8.53. The van der Waals surface area contributed by atoms with Gasteiger partial charge in [0.1, 0.15) is 0 Å². The van der Waals surface area contributed by atoms with Gasteiger partial charge in [-0.2, -0.15) is 4.98 Å². The van der Waals surface area contributed by atoms with Crippen LogP contribution in [0.2, 0.25) is 0 Å². The van der Waals surface area contributed by atoms with Crippen LogP contribution in [-0.2, 0) is 13.2 Å². The van der Waals surface area contributed by atoms with Gasteiger partial charge in [-0.25, -0.2) is 4.68 Å². The number of nitrogens with one attached hydrogen (secondary N) is 1. The average molecular weight is 494 g/mol. The molecule has 10 heteroatoms. The zero-order valence-corrected chi connectivity index (χ0v) is 20.9. The van der Waals surface area contributed by atoms with Crippen LogP contribution in [0.4, 0.5) is 10.8 Å². The predicted octanol–water partition coefficient (Wildman–Crippen LogP) is 4.86. The van der Waals surface area contributed by atoms with Gasteiger partial charge in [0.15, 0.2) is 3.95 Å². The van der Waals surface area contributed by atoms with Gasteiger partial charge in [-0.3, -0.25) is 9.80 Å². The summed E-state index contributed by atoms with van der Waals surface area (Å²) in [5, 5.41) is 13.0. The fraction of sp³-hybridized carbons (Fsp3) is 0.333. The van der Waals surface area contributed by atoms with Gasteiger partial charge in [0.2, 0.25) is 16.8 Å². The maximum absolute atomic E-state index is 5.56. The van der Waals surface area contributed by atoms with Crippen LogP contribution in [0, 0.1) is 17.8 Å². The highest BCUT2D eigenvalue weighted by Crippen LogP contribution is 2.22. The van der Waals surface area contributed by atoms with Gasteiger partial charge in [-0.15, -0.1) is 5.10 Å². The largest absolute Gasteiger partial charge is 0.338 e. The first-order chi connectivity index (χ1) is 16.5. The van der Waals surface area contributed by atoms with Crippen molar-refractivity contribution in [2.45, 2.75) is 27.1 Å². The number of nitrogens with zero attached hydrogens (tertiary/aromatic N) is 6.